The van der Waals surface area contributed by atoms with E-state index in [0.29, 0.717) is 29.3 Å². The van der Waals surface area contributed by atoms with Crippen molar-refractivity contribution in [1.29, 1.82) is 0 Å². The van der Waals surface area contributed by atoms with Gasteiger partial charge in [0.05, 0.1) is 14.2 Å². The van der Waals surface area contributed by atoms with Crippen LogP contribution in [0.3, 0.4) is 0 Å². The number of nitrogens with two attached hydrogens (primary N) is 1. The molecule has 0 fully saturated rings. The van der Waals surface area contributed by atoms with E-state index in [4.69, 9.17) is 15.2 Å². The molecule has 0 aliphatic carbocycles. The Kier molecular flexibility index (Phi) is 7.21. The van der Waals surface area contributed by atoms with Crippen LogP contribution in [0.25, 0.3) is 0 Å². The van der Waals surface area contributed by atoms with Gasteiger partial charge in [0.25, 0.3) is 11.8 Å². The second kappa shape index (κ2) is 9.81. The molecule has 0 aliphatic rings. The fourth-order valence-corrected chi connectivity index (χ4v) is 2.24. The van der Waals surface area contributed by atoms with Crippen molar-refractivity contribution in [2.75, 3.05) is 26.1 Å². The number of primary amides is 1. The fraction of sp³-hybridized carbons (Fsp3) is 0.211. The molecular formula is C19H21N3O6. The van der Waals surface area contributed by atoms with Crippen LogP contribution in [-0.2, 0) is 16.1 Å². The molecule has 28 heavy (non-hydrogen) atoms. The van der Waals surface area contributed by atoms with Crippen molar-refractivity contribution in [3.8, 4) is 11.5 Å². The first kappa shape index (κ1) is 20.6. The molecule has 0 aromatic heterocycles. The summed E-state index contributed by atoms with van der Waals surface area (Å²) in [6, 6.07) is 11.5. The lowest BCUT2D eigenvalue weighted by Gasteiger charge is -2.11. The number of ether oxygens (including phenoxy) is 3. The van der Waals surface area contributed by atoms with E-state index in [1.807, 2.05) is 0 Å². The number of carbonyl (C=O) groups excluding carboxylic acids is 3. The van der Waals surface area contributed by atoms with Gasteiger partial charge < -0.3 is 25.3 Å². The predicted octanol–water partition coefficient (Wildman–Crippen LogP) is 1.67. The number of rotatable bonds is 8. The molecule has 0 unspecified atom stereocenters. The SMILES string of the molecule is COC(=O)Nc1ccc(CNC(=O)c2ccc(OCC(N)=O)c(OC)c2)cc1. The number of amides is 3. The predicted molar refractivity (Wildman–Crippen MR) is 101 cm³/mol. The van der Waals surface area contributed by atoms with Gasteiger partial charge in [0.15, 0.2) is 18.1 Å². The minimum absolute atomic E-state index is 0.289. The highest BCUT2D eigenvalue weighted by Gasteiger charge is 2.12. The summed E-state index contributed by atoms with van der Waals surface area (Å²) < 4.78 is 14.9. The minimum Gasteiger partial charge on any atom is -0.493 e. The van der Waals surface area contributed by atoms with E-state index in [2.05, 4.69) is 15.4 Å². The van der Waals surface area contributed by atoms with Crippen LogP contribution in [0.4, 0.5) is 10.5 Å². The first-order valence-corrected chi connectivity index (χ1v) is 8.24. The maximum Gasteiger partial charge on any atom is 0.411 e. The Morgan fingerprint density at radius 3 is 2.32 bits per heavy atom. The van der Waals surface area contributed by atoms with Gasteiger partial charge in [0, 0.05) is 17.8 Å². The summed E-state index contributed by atoms with van der Waals surface area (Å²) in [5.74, 6) is -0.299. The van der Waals surface area contributed by atoms with E-state index >= 15 is 0 Å². The van der Waals surface area contributed by atoms with Crippen molar-refractivity contribution >= 4 is 23.6 Å². The quantitative estimate of drug-likeness (QED) is 0.632. The molecule has 0 saturated carbocycles. The van der Waals surface area contributed by atoms with E-state index in [1.54, 1.807) is 30.3 Å². The van der Waals surface area contributed by atoms with Crippen LogP contribution < -0.4 is 25.8 Å². The molecule has 2 aromatic rings. The monoisotopic (exact) mass is 387 g/mol. The van der Waals surface area contributed by atoms with E-state index < -0.39 is 12.0 Å². The van der Waals surface area contributed by atoms with Crippen LogP contribution >= 0.6 is 0 Å². The van der Waals surface area contributed by atoms with Crippen molar-refractivity contribution in [2.45, 2.75) is 6.54 Å². The molecular weight excluding hydrogens is 366 g/mol. The van der Waals surface area contributed by atoms with Crippen molar-refractivity contribution in [3.63, 3.8) is 0 Å². The lowest BCUT2D eigenvalue weighted by Crippen LogP contribution is -2.23. The second-order valence-corrected chi connectivity index (χ2v) is 5.62. The molecule has 3 amide bonds. The second-order valence-electron chi connectivity index (χ2n) is 5.62. The molecule has 0 bridgehead atoms. The summed E-state index contributed by atoms with van der Waals surface area (Å²) in [6.07, 6.45) is -0.557. The molecule has 9 heteroatoms. The topological polar surface area (TPSA) is 129 Å². The lowest BCUT2D eigenvalue weighted by atomic mass is 10.1. The number of hydrogen-bond donors (Lipinski definition) is 3. The van der Waals surface area contributed by atoms with Gasteiger partial charge in [-0.3, -0.25) is 14.9 Å². The summed E-state index contributed by atoms with van der Waals surface area (Å²) in [4.78, 5) is 34.3. The van der Waals surface area contributed by atoms with Crippen LogP contribution in [0.1, 0.15) is 15.9 Å². The van der Waals surface area contributed by atoms with Gasteiger partial charge in [-0.25, -0.2) is 4.79 Å². The van der Waals surface area contributed by atoms with Gasteiger partial charge in [-0.05, 0) is 35.9 Å². The third-order valence-corrected chi connectivity index (χ3v) is 3.63. The Bertz CT molecular complexity index is 851. The fourth-order valence-electron chi connectivity index (χ4n) is 2.24. The maximum absolute atomic E-state index is 12.4. The molecule has 0 spiro atoms. The van der Waals surface area contributed by atoms with Crippen LogP contribution in [0.15, 0.2) is 42.5 Å². The van der Waals surface area contributed by atoms with Gasteiger partial charge in [-0.2, -0.15) is 0 Å². The number of anilines is 1. The Morgan fingerprint density at radius 2 is 1.71 bits per heavy atom. The molecule has 0 saturated heterocycles. The van der Waals surface area contributed by atoms with Gasteiger partial charge in [0.1, 0.15) is 0 Å². The highest BCUT2D eigenvalue weighted by molar-refractivity contribution is 5.94. The first-order chi connectivity index (χ1) is 13.4. The maximum atomic E-state index is 12.4. The van der Waals surface area contributed by atoms with Gasteiger partial charge >= 0.3 is 6.09 Å². The molecule has 0 aliphatic heterocycles. The highest BCUT2D eigenvalue weighted by Crippen LogP contribution is 2.28. The zero-order chi connectivity index (χ0) is 20.5. The van der Waals surface area contributed by atoms with Crippen molar-refractivity contribution in [1.82, 2.24) is 5.32 Å². The third-order valence-electron chi connectivity index (χ3n) is 3.63. The number of nitrogens with one attached hydrogen (secondary N) is 2. The number of benzene rings is 2. The van der Waals surface area contributed by atoms with Crippen molar-refractivity contribution < 1.29 is 28.6 Å². The summed E-state index contributed by atoms with van der Waals surface area (Å²) in [7, 11) is 2.71. The zero-order valence-electron chi connectivity index (χ0n) is 15.5. The van der Waals surface area contributed by atoms with E-state index in [0.717, 1.165) is 5.56 Å². The molecule has 0 radical (unpaired) electrons. The average molecular weight is 387 g/mol. The van der Waals surface area contributed by atoms with Crippen LogP contribution in [0.2, 0.25) is 0 Å². The number of carbonyl (C=O) groups is 3. The molecule has 4 N–H and O–H groups in total. The van der Waals surface area contributed by atoms with Gasteiger partial charge in [0.2, 0.25) is 0 Å². The molecule has 2 aromatic carbocycles. The average Bonchev–Trinajstić information content (AvgIpc) is 2.71. The van der Waals surface area contributed by atoms with Crippen LogP contribution in [0, 0.1) is 0 Å². The molecule has 2 rings (SSSR count). The molecule has 0 atom stereocenters. The smallest absolute Gasteiger partial charge is 0.411 e. The van der Waals surface area contributed by atoms with Gasteiger partial charge in [-0.15, -0.1) is 0 Å². The highest BCUT2D eigenvalue weighted by atomic mass is 16.5. The zero-order valence-corrected chi connectivity index (χ0v) is 15.5. The molecule has 0 heterocycles. The van der Waals surface area contributed by atoms with Gasteiger partial charge in [-0.1, -0.05) is 12.1 Å². The van der Waals surface area contributed by atoms with Crippen molar-refractivity contribution in [2.24, 2.45) is 5.73 Å². The Balaban J connectivity index is 1.97. The molecule has 9 nitrogen and oxygen atoms in total. The third kappa shape index (κ3) is 5.90. The summed E-state index contributed by atoms with van der Waals surface area (Å²) >= 11 is 0. The van der Waals surface area contributed by atoms with E-state index in [1.165, 1.54) is 26.4 Å². The van der Waals surface area contributed by atoms with Crippen LogP contribution in [0.5, 0.6) is 11.5 Å². The van der Waals surface area contributed by atoms with E-state index in [-0.39, 0.29) is 12.5 Å². The minimum atomic E-state index is -0.614. The summed E-state index contributed by atoms with van der Waals surface area (Å²) in [5.41, 5.74) is 6.84. The lowest BCUT2D eigenvalue weighted by molar-refractivity contribution is -0.119. The van der Waals surface area contributed by atoms with Crippen molar-refractivity contribution in [3.05, 3.63) is 53.6 Å². The van der Waals surface area contributed by atoms with E-state index in [9.17, 15) is 14.4 Å². The summed E-state index contributed by atoms with van der Waals surface area (Å²) in [5, 5.41) is 5.33. The summed E-state index contributed by atoms with van der Waals surface area (Å²) in [6.45, 7) is 0.00230. The normalized spacial score (nSPS) is 9.93. The number of methoxy groups -OCH3 is 2. The Hall–Kier alpha value is -3.75. The number of hydrogen-bond acceptors (Lipinski definition) is 6. The van der Waals surface area contributed by atoms with Crippen LogP contribution in [-0.4, -0.2) is 38.7 Å². The first-order valence-electron chi connectivity index (χ1n) is 8.24. The molecule has 148 valence electrons. The largest absolute Gasteiger partial charge is 0.493 e. The Labute approximate surface area is 161 Å². The standard InChI is InChI=1S/C19H21N3O6/c1-26-16-9-13(5-8-15(16)28-11-17(20)23)18(24)21-10-12-3-6-14(7-4-12)22-19(25)27-2/h3-9H,10-11H2,1-2H3,(H2,20,23)(H,21,24)(H,22,25). The Morgan fingerprint density at radius 1 is 1.00 bits per heavy atom.